The molecule has 3 atom stereocenters. The van der Waals surface area contributed by atoms with Gasteiger partial charge in [-0.3, -0.25) is 4.79 Å². The molecule has 1 aromatic carbocycles. The van der Waals surface area contributed by atoms with Crippen LogP contribution >= 0.6 is 0 Å². The molecule has 0 spiro atoms. The molecular formula is C19H22FNO3. The zero-order chi connectivity index (χ0) is 16.8. The molecule has 0 N–H and O–H groups in total. The first kappa shape index (κ1) is 15.6. The lowest BCUT2D eigenvalue weighted by Gasteiger charge is -2.38. The zero-order valence-electron chi connectivity index (χ0n) is 13.8. The van der Waals surface area contributed by atoms with Crippen molar-refractivity contribution >= 4 is 11.9 Å². The van der Waals surface area contributed by atoms with Crippen molar-refractivity contribution in [2.75, 3.05) is 20.2 Å². The average Bonchev–Trinajstić information content (AvgIpc) is 3.39. The summed E-state index contributed by atoms with van der Waals surface area (Å²) in [5, 5.41) is 0. The second-order valence-corrected chi connectivity index (χ2v) is 7.37. The molecule has 1 amide bonds. The standard InChI is InChI=1S/C19H22FNO3/c1-24-19(23)15-7-6-12(8-16(15)20)17-13-4-5-14(17)10-21(9-13)18(22)11-2-3-11/h6-8,11,13-14,17H,2-5,9-10H2,1H3/t13-,14+,17?. The molecule has 4 rings (SSSR count). The SMILES string of the molecule is COC(=O)c1ccc(C2[C@@H]3CC[C@H]2CN(C(=O)C2CC2)C3)cc1F. The van der Waals surface area contributed by atoms with Gasteiger partial charge in [0.15, 0.2) is 0 Å². The number of hydrogen-bond donors (Lipinski definition) is 0. The Kier molecular flexibility index (Phi) is 3.82. The molecule has 1 aromatic rings. The van der Waals surface area contributed by atoms with Crippen molar-refractivity contribution in [2.24, 2.45) is 17.8 Å². The maximum absolute atomic E-state index is 14.3. The number of fused-ring (bicyclic) bond motifs is 2. The zero-order valence-corrected chi connectivity index (χ0v) is 13.8. The van der Waals surface area contributed by atoms with E-state index in [4.69, 9.17) is 0 Å². The fraction of sp³-hybridized carbons (Fsp3) is 0.579. The second kappa shape index (κ2) is 5.87. The number of piperidine rings is 1. The molecule has 3 aliphatic rings. The Morgan fingerprint density at radius 3 is 2.33 bits per heavy atom. The molecule has 2 saturated carbocycles. The lowest BCUT2D eigenvalue weighted by molar-refractivity contribution is -0.135. The van der Waals surface area contributed by atoms with Gasteiger partial charge in [-0.2, -0.15) is 0 Å². The molecule has 5 heteroatoms. The molecule has 1 saturated heterocycles. The van der Waals surface area contributed by atoms with Gasteiger partial charge in [-0.25, -0.2) is 9.18 Å². The number of carbonyl (C=O) groups excluding carboxylic acids is 2. The number of amides is 1. The molecule has 1 unspecified atom stereocenters. The van der Waals surface area contributed by atoms with Crippen LogP contribution in [-0.2, 0) is 9.53 Å². The largest absolute Gasteiger partial charge is 0.465 e. The van der Waals surface area contributed by atoms with E-state index in [-0.39, 0.29) is 17.4 Å². The van der Waals surface area contributed by atoms with E-state index in [2.05, 4.69) is 4.74 Å². The first-order valence-corrected chi connectivity index (χ1v) is 8.75. The fourth-order valence-electron chi connectivity index (χ4n) is 4.55. The summed E-state index contributed by atoms with van der Waals surface area (Å²) >= 11 is 0. The van der Waals surface area contributed by atoms with Crippen LogP contribution in [0.15, 0.2) is 18.2 Å². The summed E-state index contributed by atoms with van der Waals surface area (Å²) in [5.74, 6) is 0.497. The van der Waals surface area contributed by atoms with E-state index < -0.39 is 11.8 Å². The number of nitrogens with zero attached hydrogens (tertiary/aromatic N) is 1. The highest BCUT2D eigenvalue weighted by Crippen LogP contribution is 2.49. The normalized spacial score (nSPS) is 28.8. The smallest absolute Gasteiger partial charge is 0.340 e. The summed E-state index contributed by atoms with van der Waals surface area (Å²) < 4.78 is 18.9. The average molecular weight is 331 g/mol. The number of methoxy groups -OCH3 is 1. The van der Waals surface area contributed by atoms with Crippen LogP contribution in [0, 0.1) is 23.6 Å². The topological polar surface area (TPSA) is 46.6 Å². The van der Waals surface area contributed by atoms with Gasteiger partial charge in [0.2, 0.25) is 5.91 Å². The lowest BCUT2D eigenvalue weighted by Crippen LogP contribution is -2.44. The Labute approximate surface area is 141 Å². The van der Waals surface area contributed by atoms with Gasteiger partial charge in [0.05, 0.1) is 12.7 Å². The van der Waals surface area contributed by atoms with Gasteiger partial charge in [0, 0.05) is 19.0 Å². The van der Waals surface area contributed by atoms with Crippen molar-refractivity contribution in [2.45, 2.75) is 31.6 Å². The summed E-state index contributed by atoms with van der Waals surface area (Å²) in [6, 6.07) is 4.86. The van der Waals surface area contributed by atoms with Crippen LogP contribution < -0.4 is 0 Å². The highest BCUT2D eigenvalue weighted by atomic mass is 19.1. The van der Waals surface area contributed by atoms with Crippen LogP contribution in [0.3, 0.4) is 0 Å². The number of benzene rings is 1. The summed E-state index contributed by atoms with van der Waals surface area (Å²) in [7, 11) is 1.25. The maximum atomic E-state index is 14.3. The molecule has 2 aliphatic carbocycles. The van der Waals surface area contributed by atoms with E-state index in [1.165, 1.54) is 19.2 Å². The van der Waals surface area contributed by atoms with Crippen molar-refractivity contribution in [3.8, 4) is 0 Å². The Bertz CT molecular complexity index is 671. The molecule has 2 bridgehead atoms. The van der Waals surface area contributed by atoms with Crippen molar-refractivity contribution in [3.63, 3.8) is 0 Å². The summed E-state index contributed by atoms with van der Waals surface area (Å²) in [4.78, 5) is 25.9. The predicted octanol–water partition coefficient (Wildman–Crippen LogP) is 2.97. The lowest BCUT2D eigenvalue weighted by atomic mass is 9.79. The molecule has 0 radical (unpaired) electrons. The first-order valence-electron chi connectivity index (χ1n) is 8.75. The minimum absolute atomic E-state index is 0.0186. The molecule has 1 heterocycles. The predicted molar refractivity (Wildman–Crippen MR) is 86.0 cm³/mol. The minimum atomic E-state index is -0.646. The number of ether oxygens (including phenoxy) is 1. The van der Waals surface area contributed by atoms with Crippen LogP contribution in [-0.4, -0.2) is 37.0 Å². The molecule has 24 heavy (non-hydrogen) atoms. The maximum Gasteiger partial charge on any atom is 0.340 e. The van der Waals surface area contributed by atoms with Crippen molar-refractivity contribution in [1.29, 1.82) is 0 Å². The quantitative estimate of drug-likeness (QED) is 0.800. The van der Waals surface area contributed by atoms with Crippen molar-refractivity contribution in [3.05, 3.63) is 35.1 Å². The highest BCUT2D eigenvalue weighted by molar-refractivity contribution is 5.89. The second-order valence-electron chi connectivity index (χ2n) is 7.37. The first-order chi connectivity index (χ1) is 11.6. The highest BCUT2D eigenvalue weighted by Gasteiger charge is 2.46. The number of carbonyl (C=O) groups is 2. The van der Waals surface area contributed by atoms with Crippen LogP contribution in [0.2, 0.25) is 0 Å². The van der Waals surface area contributed by atoms with E-state index >= 15 is 0 Å². The molecular weight excluding hydrogens is 309 g/mol. The minimum Gasteiger partial charge on any atom is -0.465 e. The van der Waals surface area contributed by atoms with Gasteiger partial charge in [-0.05, 0) is 61.1 Å². The van der Waals surface area contributed by atoms with Crippen LogP contribution in [0.5, 0.6) is 0 Å². The van der Waals surface area contributed by atoms with Gasteiger partial charge in [-0.15, -0.1) is 0 Å². The Morgan fingerprint density at radius 1 is 1.12 bits per heavy atom. The van der Waals surface area contributed by atoms with E-state index in [1.807, 2.05) is 11.0 Å². The number of hydrogen-bond acceptors (Lipinski definition) is 3. The number of halogens is 1. The van der Waals surface area contributed by atoms with Crippen molar-refractivity contribution < 1.29 is 18.7 Å². The Morgan fingerprint density at radius 2 is 1.79 bits per heavy atom. The molecule has 1 aliphatic heterocycles. The molecule has 0 aromatic heterocycles. The summed E-state index contributed by atoms with van der Waals surface area (Å²) in [6.45, 7) is 1.58. The van der Waals surface area contributed by atoms with E-state index in [1.54, 1.807) is 0 Å². The summed E-state index contributed by atoms with van der Waals surface area (Å²) in [6.07, 6.45) is 4.25. The van der Waals surface area contributed by atoms with Gasteiger partial charge in [0.1, 0.15) is 5.82 Å². The van der Waals surface area contributed by atoms with E-state index in [0.717, 1.165) is 44.3 Å². The molecule has 3 fully saturated rings. The number of likely N-dealkylation sites (tertiary alicyclic amines) is 1. The Hall–Kier alpha value is -1.91. The monoisotopic (exact) mass is 331 g/mol. The fourth-order valence-corrected chi connectivity index (χ4v) is 4.55. The third kappa shape index (κ3) is 2.60. The number of rotatable bonds is 3. The molecule has 4 nitrogen and oxygen atoms in total. The van der Waals surface area contributed by atoms with Crippen LogP contribution in [0.25, 0.3) is 0 Å². The summed E-state index contributed by atoms with van der Waals surface area (Å²) in [5.41, 5.74) is 0.932. The van der Waals surface area contributed by atoms with E-state index in [9.17, 15) is 14.0 Å². The van der Waals surface area contributed by atoms with E-state index in [0.29, 0.717) is 17.7 Å². The van der Waals surface area contributed by atoms with Crippen molar-refractivity contribution in [1.82, 2.24) is 4.90 Å². The molecule has 128 valence electrons. The van der Waals surface area contributed by atoms with Crippen LogP contribution in [0.4, 0.5) is 4.39 Å². The van der Waals surface area contributed by atoms with Crippen LogP contribution in [0.1, 0.15) is 47.5 Å². The Balaban J connectivity index is 1.54. The van der Waals surface area contributed by atoms with Gasteiger partial charge in [0.25, 0.3) is 0 Å². The van der Waals surface area contributed by atoms with Gasteiger partial charge >= 0.3 is 5.97 Å². The third-order valence-corrected chi connectivity index (χ3v) is 5.86. The van der Waals surface area contributed by atoms with Gasteiger partial charge < -0.3 is 9.64 Å². The number of esters is 1. The van der Waals surface area contributed by atoms with Gasteiger partial charge in [-0.1, -0.05) is 6.07 Å². The third-order valence-electron chi connectivity index (χ3n) is 5.86.